The molecule has 0 aliphatic carbocycles. The highest BCUT2D eigenvalue weighted by Gasteiger charge is 2.13. The van der Waals surface area contributed by atoms with Gasteiger partial charge in [-0.1, -0.05) is 36.4 Å². The van der Waals surface area contributed by atoms with E-state index in [0.29, 0.717) is 11.3 Å². The van der Waals surface area contributed by atoms with Gasteiger partial charge in [-0.3, -0.25) is 9.20 Å². The Morgan fingerprint density at radius 2 is 1.83 bits per heavy atom. The van der Waals surface area contributed by atoms with Crippen molar-refractivity contribution in [1.82, 2.24) is 9.38 Å². The van der Waals surface area contributed by atoms with Gasteiger partial charge in [0.2, 0.25) is 5.78 Å². The Labute approximate surface area is 112 Å². The number of hydrogen-bond donors (Lipinski definition) is 0. The summed E-state index contributed by atoms with van der Waals surface area (Å²) >= 11 is 3.43. The predicted molar refractivity (Wildman–Crippen MR) is 72.8 cm³/mol. The van der Waals surface area contributed by atoms with Gasteiger partial charge in [0, 0.05) is 11.8 Å². The molecule has 0 fully saturated rings. The molecule has 18 heavy (non-hydrogen) atoms. The molecule has 0 amide bonds. The highest BCUT2D eigenvalue weighted by Crippen LogP contribution is 2.16. The minimum absolute atomic E-state index is 0.0637. The number of aromatic nitrogens is 2. The number of carbonyl (C=O) groups excluding carboxylic acids is 1. The van der Waals surface area contributed by atoms with Gasteiger partial charge in [-0.25, -0.2) is 4.98 Å². The van der Waals surface area contributed by atoms with E-state index in [1.54, 1.807) is 18.3 Å². The molecule has 1 aromatic carbocycles. The summed E-state index contributed by atoms with van der Waals surface area (Å²) in [7, 11) is 0. The van der Waals surface area contributed by atoms with E-state index in [2.05, 4.69) is 20.9 Å². The standard InChI is InChI=1S/C14H9BrN2O/c15-12-7-4-8-13-16-11(9-17(12)13)14(18)10-5-2-1-3-6-10/h1-9H. The molecule has 0 aliphatic rings. The van der Waals surface area contributed by atoms with E-state index < -0.39 is 0 Å². The molecule has 4 heteroatoms. The Morgan fingerprint density at radius 3 is 2.56 bits per heavy atom. The number of fused-ring (bicyclic) bond motifs is 1. The second-order valence-electron chi connectivity index (χ2n) is 3.90. The Kier molecular flexibility index (Phi) is 2.72. The summed E-state index contributed by atoms with van der Waals surface area (Å²) in [6.45, 7) is 0. The molecule has 3 nitrogen and oxygen atoms in total. The maximum atomic E-state index is 12.2. The van der Waals surface area contributed by atoms with Crippen LogP contribution in [0, 0.1) is 0 Å². The summed E-state index contributed by atoms with van der Waals surface area (Å²) < 4.78 is 2.72. The van der Waals surface area contributed by atoms with Crippen molar-refractivity contribution >= 4 is 27.4 Å². The predicted octanol–water partition coefficient (Wildman–Crippen LogP) is 3.33. The van der Waals surface area contributed by atoms with Crippen LogP contribution in [-0.4, -0.2) is 15.2 Å². The molecule has 88 valence electrons. The molecule has 0 aliphatic heterocycles. The maximum Gasteiger partial charge on any atom is 0.212 e. The lowest BCUT2D eigenvalue weighted by molar-refractivity contribution is 0.103. The van der Waals surface area contributed by atoms with Crippen LogP contribution in [0.3, 0.4) is 0 Å². The lowest BCUT2D eigenvalue weighted by Gasteiger charge is -1.95. The summed E-state index contributed by atoms with van der Waals surface area (Å²) in [6.07, 6.45) is 1.74. The Morgan fingerprint density at radius 1 is 1.06 bits per heavy atom. The van der Waals surface area contributed by atoms with Crippen LogP contribution in [0.25, 0.3) is 5.65 Å². The van der Waals surface area contributed by atoms with E-state index in [1.807, 2.05) is 40.8 Å². The van der Waals surface area contributed by atoms with Gasteiger partial charge in [0.15, 0.2) is 0 Å². The third-order valence-electron chi connectivity index (χ3n) is 2.71. The molecule has 0 atom stereocenters. The average Bonchev–Trinajstić information content (AvgIpc) is 2.84. The fourth-order valence-corrected chi connectivity index (χ4v) is 2.26. The number of carbonyl (C=O) groups is 1. The summed E-state index contributed by atoms with van der Waals surface area (Å²) in [5.74, 6) is -0.0637. The summed E-state index contributed by atoms with van der Waals surface area (Å²) in [5.41, 5.74) is 1.86. The van der Waals surface area contributed by atoms with Gasteiger partial charge in [-0.05, 0) is 28.1 Å². The van der Waals surface area contributed by atoms with Crippen LogP contribution in [0.15, 0.2) is 59.3 Å². The number of ketones is 1. The molecular weight excluding hydrogens is 292 g/mol. The second-order valence-corrected chi connectivity index (χ2v) is 4.71. The van der Waals surface area contributed by atoms with Crippen molar-refractivity contribution in [1.29, 1.82) is 0 Å². The van der Waals surface area contributed by atoms with Crippen molar-refractivity contribution < 1.29 is 4.79 Å². The zero-order chi connectivity index (χ0) is 12.5. The molecule has 0 N–H and O–H groups in total. The van der Waals surface area contributed by atoms with Crippen LogP contribution in [0.1, 0.15) is 16.1 Å². The van der Waals surface area contributed by atoms with E-state index in [4.69, 9.17) is 0 Å². The Bertz CT molecular complexity index is 719. The third-order valence-corrected chi connectivity index (χ3v) is 3.36. The lowest BCUT2D eigenvalue weighted by Crippen LogP contribution is -2.00. The topological polar surface area (TPSA) is 34.4 Å². The first-order chi connectivity index (χ1) is 8.75. The zero-order valence-corrected chi connectivity index (χ0v) is 11.0. The first-order valence-corrected chi connectivity index (χ1v) is 6.28. The fraction of sp³-hybridized carbons (Fsp3) is 0. The van der Waals surface area contributed by atoms with Crippen molar-refractivity contribution in [2.24, 2.45) is 0 Å². The first kappa shape index (κ1) is 11.2. The molecule has 0 radical (unpaired) electrons. The summed E-state index contributed by atoms with van der Waals surface area (Å²) in [4.78, 5) is 16.6. The molecule has 0 spiro atoms. The third kappa shape index (κ3) is 1.84. The van der Waals surface area contributed by atoms with Gasteiger partial charge in [0.25, 0.3) is 0 Å². The molecule has 3 rings (SSSR count). The molecule has 3 aromatic rings. The van der Waals surface area contributed by atoms with Crippen LogP contribution >= 0.6 is 15.9 Å². The average molecular weight is 301 g/mol. The van der Waals surface area contributed by atoms with E-state index >= 15 is 0 Å². The fourth-order valence-electron chi connectivity index (χ4n) is 1.82. The molecule has 0 saturated heterocycles. The lowest BCUT2D eigenvalue weighted by atomic mass is 10.1. The van der Waals surface area contributed by atoms with Crippen molar-refractivity contribution in [2.45, 2.75) is 0 Å². The second kappa shape index (κ2) is 4.38. The number of hydrogen-bond acceptors (Lipinski definition) is 2. The number of pyridine rings is 1. The van der Waals surface area contributed by atoms with Crippen LogP contribution in [0.5, 0.6) is 0 Å². The van der Waals surface area contributed by atoms with E-state index in [0.717, 1.165) is 10.3 Å². The highest BCUT2D eigenvalue weighted by molar-refractivity contribution is 9.10. The van der Waals surface area contributed by atoms with Crippen molar-refractivity contribution in [3.05, 3.63) is 70.6 Å². The van der Waals surface area contributed by atoms with Gasteiger partial charge in [0.05, 0.1) is 4.60 Å². The number of benzene rings is 1. The Balaban J connectivity index is 2.10. The van der Waals surface area contributed by atoms with Gasteiger partial charge in [-0.2, -0.15) is 0 Å². The van der Waals surface area contributed by atoms with Crippen molar-refractivity contribution in [3.8, 4) is 0 Å². The number of nitrogens with zero attached hydrogens (tertiary/aromatic N) is 2. The first-order valence-electron chi connectivity index (χ1n) is 5.49. The number of halogens is 1. The summed E-state index contributed by atoms with van der Waals surface area (Å²) in [5, 5.41) is 0. The smallest absolute Gasteiger partial charge is 0.212 e. The van der Waals surface area contributed by atoms with E-state index in [1.165, 1.54) is 0 Å². The van der Waals surface area contributed by atoms with Crippen molar-refractivity contribution in [2.75, 3.05) is 0 Å². The number of rotatable bonds is 2. The minimum atomic E-state index is -0.0637. The van der Waals surface area contributed by atoms with Gasteiger partial charge in [0.1, 0.15) is 11.3 Å². The molecule has 2 aromatic heterocycles. The van der Waals surface area contributed by atoms with Crippen LogP contribution in [-0.2, 0) is 0 Å². The SMILES string of the molecule is O=C(c1ccccc1)c1cn2c(Br)cccc2n1. The van der Waals surface area contributed by atoms with Gasteiger partial charge in [-0.15, -0.1) is 0 Å². The van der Waals surface area contributed by atoms with Crippen LogP contribution in [0.2, 0.25) is 0 Å². The molecule has 2 heterocycles. The Hall–Kier alpha value is -1.94. The van der Waals surface area contributed by atoms with Crippen molar-refractivity contribution in [3.63, 3.8) is 0 Å². The quantitative estimate of drug-likeness (QED) is 0.537. The van der Waals surface area contributed by atoms with Gasteiger partial charge < -0.3 is 0 Å². The van der Waals surface area contributed by atoms with E-state index in [9.17, 15) is 4.79 Å². The monoisotopic (exact) mass is 300 g/mol. The molecular formula is C14H9BrN2O. The minimum Gasteiger partial charge on any atom is -0.293 e. The van der Waals surface area contributed by atoms with Crippen LogP contribution < -0.4 is 0 Å². The maximum absolute atomic E-state index is 12.2. The summed E-state index contributed by atoms with van der Waals surface area (Å²) in [6, 6.07) is 14.8. The van der Waals surface area contributed by atoms with E-state index in [-0.39, 0.29) is 5.78 Å². The zero-order valence-electron chi connectivity index (χ0n) is 9.38. The van der Waals surface area contributed by atoms with Gasteiger partial charge >= 0.3 is 0 Å². The largest absolute Gasteiger partial charge is 0.293 e. The molecule has 0 unspecified atom stereocenters. The highest BCUT2D eigenvalue weighted by atomic mass is 79.9. The number of imidazole rings is 1. The normalized spacial score (nSPS) is 10.7. The van der Waals surface area contributed by atoms with Crippen LogP contribution in [0.4, 0.5) is 0 Å². The molecule has 0 saturated carbocycles. The molecule has 0 bridgehead atoms.